The fraction of sp³-hybridized carbons (Fsp3) is 0.208. The maximum Gasteiger partial charge on any atom is 0.280 e. The molecule has 0 fully saturated rings. The molecule has 0 radical (unpaired) electrons. The van der Waals surface area contributed by atoms with Crippen LogP contribution in [0.25, 0.3) is 0 Å². The van der Waals surface area contributed by atoms with E-state index < -0.39 is 10.0 Å². The van der Waals surface area contributed by atoms with Crippen LogP contribution in [0, 0.1) is 5.82 Å². The third kappa shape index (κ3) is 6.38. The lowest BCUT2D eigenvalue weighted by Crippen LogP contribution is -2.19. The maximum atomic E-state index is 13.4. The SMILES string of the molecule is CCOc1cc(/C=N/NS(=O)(=O)c2ccc(OC)cc2OC)ccc1OCc1cccc(F)c1. The molecule has 0 atom stereocenters. The first kappa shape index (κ1) is 24.8. The Balaban J connectivity index is 1.73. The van der Waals surface area contributed by atoms with Crippen LogP contribution in [-0.2, 0) is 16.6 Å². The molecule has 10 heteroatoms. The first-order valence-corrected chi connectivity index (χ1v) is 11.8. The summed E-state index contributed by atoms with van der Waals surface area (Å²) in [4.78, 5) is 2.09. The van der Waals surface area contributed by atoms with E-state index in [4.69, 9.17) is 18.9 Å². The van der Waals surface area contributed by atoms with E-state index in [0.717, 1.165) is 0 Å². The number of nitrogens with one attached hydrogen (secondary N) is 1. The molecule has 0 saturated carbocycles. The molecule has 0 bridgehead atoms. The molecule has 0 aliphatic rings. The van der Waals surface area contributed by atoms with Crippen LogP contribution < -0.4 is 23.8 Å². The number of sulfonamides is 1. The Morgan fingerprint density at radius 2 is 1.76 bits per heavy atom. The molecular weight excluding hydrogens is 463 g/mol. The lowest BCUT2D eigenvalue weighted by atomic mass is 10.2. The Morgan fingerprint density at radius 3 is 2.47 bits per heavy atom. The van der Waals surface area contributed by atoms with Gasteiger partial charge in [-0.25, -0.2) is 4.39 Å². The summed E-state index contributed by atoms with van der Waals surface area (Å²) in [5.74, 6) is 1.16. The van der Waals surface area contributed by atoms with Crippen molar-refractivity contribution < 1.29 is 31.8 Å². The average Bonchev–Trinajstić information content (AvgIpc) is 2.83. The zero-order valence-corrected chi connectivity index (χ0v) is 19.8. The number of rotatable bonds is 11. The van der Waals surface area contributed by atoms with E-state index in [1.807, 2.05) is 6.92 Å². The molecule has 0 saturated heterocycles. The topological polar surface area (TPSA) is 95.5 Å². The number of hydrogen-bond donors (Lipinski definition) is 1. The van der Waals surface area contributed by atoms with E-state index in [-0.39, 0.29) is 23.1 Å². The monoisotopic (exact) mass is 488 g/mol. The summed E-state index contributed by atoms with van der Waals surface area (Å²) in [6.45, 7) is 2.38. The number of hydrazone groups is 1. The molecule has 180 valence electrons. The second kappa shape index (κ2) is 11.4. The van der Waals surface area contributed by atoms with Gasteiger partial charge in [0, 0.05) is 6.07 Å². The van der Waals surface area contributed by atoms with Crippen molar-refractivity contribution in [2.75, 3.05) is 20.8 Å². The van der Waals surface area contributed by atoms with Crippen molar-refractivity contribution in [3.63, 3.8) is 0 Å². The van der Waals surface area contributed by atoms with E-state index in [1.54, 1.807) is 30.3 Å². The van der Waals surface area contributed by atoms with Crippen LogP contribution in [0.1, 0.15) is 18.1 Å². The third-order valence-electron chi connectivity index (χ3n) is 4.60. The van der Waals surface area contributed by atoms with Crippen molar-refractivity contribution in [2.45, 2.75) is 18.4 Å². The molecule has 0 aliphatic heterocycles. The van der Waals surface area contributed by atoms with Crippen molar-refractivity contribution in [1.82, 2.24) is 4.83 Å². The van der Waals surface area contributed by atoms with Gasteiger partial charge in [-0.3, -0.25) is 0 Å². The van der Waals surface area contributed by atoms with Gasteiger partial charge in [-0.2, -0.15) is 18.4 Å². The molecule has 1 N–H and O–H groups in total. The third-order valence-corrected chi connectivity index (χ3v) is 5.86. The zero-order chi connectivity index (χ0) is 24.6. The summed E-state index contributed by atoms with van der Waals surface area (Å²) >= 11 is 0. The van der Waals surface area contributed by atoms with E-state index in [0.29, 0.717) is 35.0 Å². The van der Waals surface area contributed by atoms with Gasteiger partial charge in [-0.05, 0) is 60.5 Å². The molecule has 0 spiro atoms. The molecule has 0 heterocycles. The van der Waals surface area contributed by atoms with Gasteiger partial charge >= 0.3 is 0 Å². The van der Waals surface area contributed by atoms with Crippen molar-refractivity contribution in [1.29, 1.82) is 0 Å². The minimum Gasteiger partial charge on any atom is -0.497 e. The van der Waals surface area contributed by atoms with Crippen LogP contribution in [0.3, 0.4) is 0 Å². The fourth-order valence-electron chi connectivity index (χ4n) is 3.00. The Hall–Kier alpha value is -3.79. The van der Waals surface area contributed by atoms with Crippen LogP contribution in [-0.4, -0.2) is 35.5 Å². The summed E-state index contributed by atoms with van der Waals surface area (Å²) < 4.78 is 60.3. The minimum atomic E-state index is -3.98. The van der Waals surface area contributed by atoms with E-state index in [2.05, 4.69) is 9.93 Å². The Bertz CT molecular complexity index is 1260. The van der Waals surface area contributed by atoms with E-state index in [9.17, 15) is 12.8 Å². The predicted octanol–water partition coefficient (Wildman–Crippen LogP) is 4.13. The fourth-order valence-corrected chi connectivity index (χ4v) is 3.94. The highest BCUT2D eigenvalue weighted by Crippen LogP contribution is 2.30. The smallest absolute Gasteiger partial charge is 0.280 e. The van der Waals surface area contributed by atoms with E-state index in [1.165, 1.54) is 50.8 Å². The number of benzene rings is 3. The maximum absolute atomic E-state index is 13.4. The highest BCUT2D eigenvalue weighted by atomic mass is 32.2. The van der Waals surface area contributed by atoms with Gasteiger partial charge in [-0.1, -0.05) is 12.1 Å². The normalized spacial score (nSPS) is 11.3. The summed E-state index contributed by atoms with van der Waals surface area (Å²) in [5.41, 5.74) is 1.25. The summed E-state index contributed by atoms with van der Waals surface area (Å²) in [6, 6.07) is 15.5. The molecule has 0 unspecified atom stereocenters. The van der Waals surface area contributed by atoms with Gasteiger partial charge < -0.3 is 18.9 Å². The van der Waals surface area contributed by atoms with Crippen LogP contribution in [0.5, 0.6) is 23.0 Å². The number of ether oxygens (including phenoxy) is 4. The average molecular weight is 489 g/mol. The Morgan fingerprint density at radius 1 is 0.941 bits per heavy atom. The molecule has 8 nitrogen and oxygen atoms in total. The van der Waals surface area contributed by atoms with Gasteiger partial charge in [-0.15, -0.1) is 0 Å². The lowest BCUT2D eigenvalue weighted by molar-refractivity contribution is 0.269. The largest absolute Gasteiger partial charge is 0.497 e. The second-order valence-electron chi connectivity index (χ2n) is 6.93. The van der Waals surface area contributed by atoms with Crippen molar-refractivity contribution >= 4 is 16.2 Å². The van der Waals surface area contributed by atoms with Crippen molar-refractivity contribution in [2.24, 2.45) is 5.10 Å². The highest BCUT2D eigenvalue weighted by molar-refractivity contribution is 7.89. The molecule has 0 amide bonds. The highest BCUT2D eigenvalue weighted by Gasteiger charge is 2.19. The minimum absolute atomic E-state index is 0.0796. The summed E-state index contributed by atoms with van der Waals surface area (Å²) in [6.07, 6.45) is 1.34. The molecular formula is C24H25FN2O6S. The molecule has 3 aromatic carbocycles. The predicted molar refractivity (Wildman–Crippen MR) is 126 cm³/mol. The van der Waals surface area contributed by atoms with Crippen LogP contribution in [0.15, 0.2) is 70.7 Å². The molecule has 34 heavy (non-hydrogen) atoms. The van der Waals surface area contributed by atoms with Crippen LogP contribution in [0.2, 0.25) is 0 Å². The van der Waals surface area contributed by atoms with Gasteiger partial charge in [0.25, 0.3) is 10.0 Å². The van der Waals surface area contributed by atoms with Gasteiger partial charge in [0.15, 0.2) is 11.5 Å². The molecule has 3 rings (SSSR count). The van der Waals surface area contributed by atoms with Crippen molar-refractivity contribution in [3.05, 3.63) is 77.6 Å². The Labute approximate surface area is 198 Å². The second-order valence-corrected chi connectivity index (χ2v) is 8.56. The molecule has 0 aromatic heterocycles. The zero-order valence-electron chi connectivity index (χ0n) is 18.9. The van der Waals surface area contributed by atoms with Crippen LogP contribution in [0.4, 0.5) is 4.39 Å². The first-order valence-electron chi connectivity index (χ1n) is 10.3. The van der Waals surface area contributed by atoms with E-state index >= 15 is 0 Å². The van der Waals surface area contributed by atoms with Gasteiger partial charge in [0.2, 0.25) is 0 Å². The Kier molecular flexibility index (Phi) is 8.31. The lowest BCUT2D eigenvalue weighted by Gasteiger charge is -2.13. The molecule has 0 aliphatic carbocycles. The van der Waals surface area contributed by atoms with Gasteiger partial charge in [0.1, 0.15) is 28.8 Å². The summed E-state index contributed by atoms with van der Waals surface area (Å²) in [7, 11) is -1.15. The summed E-state index contributed by atoms with van der Waals surface area (Å²) in [5, 5.41) is 3.85. The quantitative estimate of drug-likeness (QED) is 0.322. The number of halogens is 1. The number of methoxy groups -OCH3 is 2. The molecule has 3 aromatic rings. The first-order chi connectivity index (χ1) is 16.4. The van der Waals surface area contributed by atoms with Crippen molar-refractivity contribution in [3.8, 4) is 23.0 Å². The standard InChI is InChI=1S/C24H25FN2O6S/c1-4-32-22-13-17(8-10-21(22)33-16-18-6-5-7-19(25)12-18)15-26-27-34(28,29)24-11-9-20(30-2)14-23(24)31-3/h5-15,27H,4,16H2,1-3H3/b26-15+. The van der Waals surface area contributed by atoms with Gasteiger partial charge in [0.05, 0.1) is 27.0 Å². The number of hydrogen-bond acceptors (Lipinski definition) is 7. The van der Waals surface area contributed by atoms with Crippen LogP contribution >= 0.6 is 0 Å². The number of nitrogens with zero attached hydrogens (tertiary/aromatic N) is 1.